The molecular weight excluding hydrogens is 348 g/mol. The highest BCUT2D eigenvalue weighted by atomic mass is 35.5. The number of carboxylic acid groups (broad SMARTS) is 1. The van der Waals surface area contributed by atoms with Crippen LogP contribution in [0.1, 0.15) is 6.92 Å². The van der Waals surface area contributed by atoms with E-state index >= 15 is 0 Å². The van der Waals surface area contributed by atoms with Crippen LogP contribution in [-0.2, 0) is 0 Å². The van der Waals surface area contributed by atoms with Gasteiger partial charge in [-0.15, -0.1) is 0 Å². The number of anilines is 1. The number of carbonyl (C=O) groups is 1. The molecule has 0 aromatic carbocycles. The molecule has 10 heteroatoms. The van der Waals surface area contributed by atoms with Gasteiger partial charge in [0.1, 0.15) is 11.3 Å². The molecule has 1 aliphatic rings. The van der Waals surface area contributed by atoms with E-state index in [0.29, 0.717) is 30.8 Å². The van der Waals surface area contributed by atoms with Crippen LogP contribution < -0.4 is 4.90 Å². The lowest BCUT2D eigenvalue weighted by Gasteiger charge is -2.39. The Morgan fingerprint density at radius 3 is 2.78 bits per heavy atom. The third-order valence-corrected chi connectivity index (χ3v) is 4.20. The maximum atomic E-state index is 14.1. The van der Waals surface area contributed by atoms with Gasteiger partial charge in [0.15, 0.2) is 11.0 Å². The molecule has 1 fully saturated rings. The zero-order valence-corrected chi connectivity index (χ0v) is 13.5. The highest BCUT2D eigenvalue weighted by molar-refractivity contribution is 6.30. The Labute approximate surface area is 140 Å². The van der Waals surface area contributed by atoms with Crippen molar-refractivity contribution in [2.24, 2.45) is 0 Å². The van der Waals surface area contributed by atoms with Gasteiger partial charge in [-0.3, -0.25) is 0 Å². The molecule has 1 atom stereocenters. The molecule has 0 spiro atoms. The van der Waals surface area contributed by atoms with Crippen LogP contribution in [0.25, 0.3) is 10.9 Å². The van der Waals surface area contributed by atoms with Crippen molar-refractivity contribution in [1.29, 1.82) is 0 Å². The molecule has 122 valence electrons. The van der Waals surface area contributed by atoms with Crippen LogP contribution in [-0.4, -0.2) is 56.7 Å². The molecule has 0 saturated carbocycles. The number of nitrogens with zero attached hydrogens (tertiary/aromatic N) is 5. The topological polar surface area (TPSA) is 82.5 Å². The van der Waals surface area contributed by atoms with Crippen molar-refractivity contribution in [2.45, 2.75) is 13.0 Å². The first-order valence-electron chi connectivity index (χ1n) is 6.80. The van der Waals surface area contributed by atoms with Crippen molar-refractivity contribution in [3.05, 3.63) is 22.5 Å². The predicted molar refractivity (Wildman–Crippen MR) is 83.7 cm³/mol. The number of rotatable bonds is 1. The molecule has 1 N–H and O–H groups in total. The lowest BCUT2D eigenvalue weighted by atomic mass is 10.1. The number of amides is 1. The molecule has 2 aromatic rings. The van der Waals surface area contributed by atoms with E-state index in [1.165, 1.54) is 11.1 Å². The fourth-order valence-electron chi connectivity index (χ4n) is 2.66. The summed E-state index contributed by atoms with van der Waals surface area (Å²) in [6.07, 6.45) is 0.421. The van der Waals surface area contributed by atoms with Crippen LogP contribution in [0.3, 0.4) is 0 Å². The fraction of sp³-hybridized carbons (Fsp3) is 0.385. The first kappa shape index (κ1) is 15.9. The maximum absolute atomic E-state index is 14.1. The highest BCUT2D eigenvalue weighted by Gasteiger charge is 2.29. The summed E-state index contributed by atoms with van der Waals surface area (Å²) in [4.78, 5) is 26.1. The molecule has 1 saturated heterocycles. The molecule has 3 rings (SSSR count). The minimum Gasteiger partial charge on any atom is -0.465 e. The maximum Gasteiger partial charge on any atom is 0.407 e. The Bertz CT molecular complexity index is 791. The van der Waals surface area contributed by atoms with Crippen molar-refractivity contribution in [3.8, 4) is 0 Å². The SMILES string of the molecule is C[C@H]1CN(C(=O)O)CCN1c1nc(Cl)nc2c(F)c(Cl)ncc12. The summed E-state index contributed by atoms with van der Waals surface area (Å²) in [6.45, 7) is 2.88. The summed E-state index contributed by atoms with van der Waals surface area (Å²) < 4.78 is 14.1. The zero-order chi connectivity index (χ0) is 16.7. The molecule has 23 heavy (non-hydrogen) atoms. The third-order valence-electron chi connectivity index (χ3n) is 3.76. The summed E-state index contributed by atoms with van der Waals surface area (Å²) in [7, 11) is 0. The smallest absolute Gasteiger partial charge is 0.407 e. The van der Waals surface area contributed by atoms with E-state index in [1.807, 2.05) is 11.8 Å². The third kappa shape index (κ3) is 2.84. The fourth-order valence-corrected chi connectivity index (χ4v) is 2.96. The van der Waals surface area contributed by atoms with Crippen LogP contribution in [0.5, 0.6) is 0 Å². The van der Waals surface area contributed by atoms with Crippen molar-refractivity contribution in [2.75, 3.05) is 24.5 Å². The van der Waals surface area contributed by atoms with Gasteiger partial charge in [-0.1, -0.05) is 11.6 Å². The Balaban J connectivity index is 2.07. The summed E-state index contributed by atoms with van der Waals surface area (Å²) >= 11 is 11.6. The van der Waals surface area contributed by atoms with Gasteiger partial charge in [-0.05, 0) is 18.5 Å². The Kier molecular flexibility index (Phi) is 4.11. The number of aromatic nitrogens is 3. The molecule has 0 bridgehead atoms. The summed E-state index contributed by atoms with van der Waals surface area (Å²) in [6, 6.07) is -0.159. The highest BCUT2D eigenvalue weighted by Crippen LogP contribution is 2.31. The Hall–Kier alpha value is -1.93. The largest absolute Gasteiger partial charge is 0.465 e. The minimum atomic E-state index is -0.971. The predicted octanol–water partition coefficient (Wildman–Crippen LogP) is 2.66. The number of hydrogen-bond acceptors (Lipinski definition) is 5. The van der Waals surface area contributed by atoms with Crippen LogP contribution >= 0.6 is 23.2 Å². The Morgan fingerprint density at radius 2 is 2.13 bits per heavy atom. The number of hydrogen-bond donors (Lipinski definition) is 1. The zero-order valence-electron chi connectivity index (χ0n) is 12.0. The first-order chi connectivity index (χ1) is 10.9. The van der Waals surface area contributed by atoms with Crippen molar-refractivity contribution >= 4 is 46.0 Å². The standard InChI is InChI=1S/C13H12Cl2FN5O2/c1-6-5-20(13(22)23)2-3-21(6)11-7-4-17-10(14)8(16)9(7)18-12(15)19-11/h4,6H,2-3,5H2,1H3,(H,22,23)/t6-/m0/s1. The number of fused-ring (bicyclic) bond motifs is 1. The van der Waals surface area contributed by atoms with Crippen LogP contribution in [0.4, 0.5) is 15.0 Å². The lowest BCUT2D eigenvalue weighted by Crippen LogP contribution is -2.53. The van der Waals surface area contributed by atoms with E-state index in [-0.39, 0.29) is 22.0 Å². The average molecular weight is 360 g/mol. The van der Waals surface area contributed by atoms with Crippen molar-refractivity contribution < 1.29 is 14.3 Å². The van der Waals surface area contributed by atoms with E-state index < -0.39 is 11.9 Å². The second kappa shape index (κ2) is 5.93. The van der Waals surface area contributed by atoms with E-state index in [2.05, 4.69) is 15.0 Å². The van der Waals surface area contributed by atoms with Gasteiger partial charge in [0, 0.05) is 31.9 Å². The normalized spacial score (nSPS) is 18.5. The monoisotopic (exact) mass is 359 g/mol. The van der Waals surface area contributed by atoms with E-state index in [0.717, 1.165) is 0 Å². The van der Waals surface area contributed by atoms with Gasteiger partial charge < -0.3 is 14.9 Å². The molecule has 1 amide bonds. The second-order valence-electron chi connectivity index (χ2n) is 5.21. The summed E-state index contributed by atoms with van der Waals surface area (Å²) in [5, 5.41) is 9.06. The van der Waals surface area contributed by atoms with E-state index in [9.17, 15) is 9.18 Å². The van der Waals surface area contributed by atoms with Gasteiger partial charge in [-0.2, -0.15) is 4.98 Å². The molecule has 1 aliphatic heterocycles. The van der Waals surface area contributed by atoms with Gasteiger partial charge in [0.25, 0.3) is 0 Å². The van der Waals surface area contributed by atoms with E-state index in [1.54, 1.807) is 0 Å². The molecule has 7 nitrogen and oxygen atoms in total. The first-order valence-corrected chi connectivity index (χ1v) is 7.56. The van der Waals surface area contributed by atoms with E-state index in [4.69, 9.17) is 28.3 Å². The molecule has 3 heterocycles. The minimum absolute atomic E-state index is 0.00661. The van der Waals surface area contributed by atoms with Crippen LogP contribution in [0, 0.1) is 5.82 Å². The molecule has 0 unspecified atom stereocenters. The number of piperazine rings is 1. The van der Waals surface area contributed by atoms with Gasteiger partial charge >= 0.3 is 6.09 Å². The summed E-state index contributed by atoms with van der Waals surface area (Å²) in [5.74, 6) is -0.341. The molecule has 0 radical (unpaired) electrons. The summed E-state index contributed by atoms with van der Waals surface area (Å²) in [5.41, 5.74) is -0.00661. The number of pyridine rings is 1. The van der Waals surface area contributed by atoms with Gasteiger partial charge in [0.05, 0.1) is 5.39 Å². The average Bonchev–Trinajstić information content (AvgIpc) is 2.50. The van der Waals surface area contributed by atoms with Crippen LogP contribution in [0.2, 0.25) is 10.4 Å². The van der Waals surface area contributed by atoms with Crippen molar-refractivity contribution in [1.82, 2.24) is 19.9 Å². The Morgan fingerprint density at radius 1 is 1.39 bits per heavy atom. The van der Waals surface area contributed by atoms with Gasteiger partial charge in [-0.25, -0.2) is 19.2 Å². The van der Waals surface area contributed by atoms with Crippen molar-refractivity contribution in [3.63, 3.8) is 0 Å². The molecular formula is C13H12Cl2FN5O2. The number of halogens is 3. The second-order valence-corrected chi connectivity index (χ2v) is 5.91. The lowest BCUT2D eigenvalue weighted by molar-refractivity contribution is 0.136. The van der Waals surface area contributed by atoms with Gasteiger partial charge in [0.2, 0.25) is 5.28 Å². The molecule has 2 aromatic heterocycles. The quantitative estimate of drug-likeness (QED) is 0.622. The molecule has 0 aliphatic carbocycles. The van der Waals surface area contributed by atoms with Crippen LogP contribution in [0.15, 0.2) is 6.20 Å².